The Balaban J connectivity index is 2.12. The number of halogens is 1. The Morgan fingerprint density at radius 2 is 2.07 bits per heavy atom. The molecule has 0 bridgehead atoms. The van der Waals surface area contributed by atoms with E-state index in [9.17, 15) is 13.0 Å². The third kappa shape index (κ3) is 4.12. The topological polar surface area (TPSA) is 104 Å². The van der Waals surface area contributed by atoms with Gasteiger partial charge in [0, 0.05) is 24.8 Å². The molecule has 0 aromatic carbocycles. The van der Waals surface area contributed by atoms with E-state index < -0.39 is 16.0 Å². The van der Waals surface area contributed by atoms with Crippen LogP contribution in [0.5, 0.6) is 0 Å². The van der Waals surface area contributed by atoms with Crippen LogP contribution in [-0.4, -0.2) is 55.8 Å². The maximum atomic E-state index is 11.5. The van der Waals surface area contributed by atoms with Gasteiger partial charge in [0.1, 0.15) is 28.4 Å². The zero-order chi connectivity index (χ0) is 19.7. The van der Waals surface area contributed by atoms with Gasteiger partial charge in [-0.3, -0.25) is 0 Å². The maximum absolute atomic E-state index is 11.5. The van der Waals surface area contributed by atoms with Crippen LogP contribution in [0.3, 0.4) is 0 Å². The van der Waals surface area contributed by atoms with Crippen LogP contribution in [0.4, 0.5) is 11.5 Å². The van der Waals surface area contributed by atoms with Crippen molar-refractivity contribution in [3.8, 4) is 0 Å². The summed E-state index contributed by atoms with van der Waals surface area (Å²) in [5.74, 6) is 0.131. The predicted molar refractivity (Wildman–Crippen MR) is 105 cm³/mol. The SMILES string of the molecule is CCc1nc2c(c(NC3CCOCC3)c1CCl)C=N[N+]2(CC)CS(=O)(=O)[O-]. The Morgan fingerprint density at radius 3 is 2.63 bits per heavy atom. The largest absolute Gasteiger partial charge is 0.744 e. The van der Waals surface area contributed by atoms with Crippen LogP contribution in [0.2, 0.25) is 0 Å². The summed E-state index contributed by atoms with van der Waals surface area (Å²) < 4.78 is 39.6. The number of aromatic nitrogens is 1. The molecule has 1 N–H and O–H groups in total. The van der Waals surface area contributed by atoms with Gasteiger partial charge in [0.05, 0.1) is 17.3 Å². The van der Waals surface area contributed by atoms with Gasteiger partial charge >= 0.3 is 0 Å². The van der Waals surface area contributed by atoms with E-state index in [1.54, 1.807) is 13.1 Å². The van der Waals surface area contributed by atoms with Gasteiger partial charge in [0.2, 0.25) is 0 Å². The quantitative estimate of drug-likeness (QED) is 0.415. The van der Waals surface area contributed by atoms with Crippen molar-refractivity contribution in [3.63, 3.8) is 0 Å². The molecule has 0 spiro atoms. The van der Waals surface area contributed by atoms with Crippen molar-refractivity contribution in [2.45, 2.75) is 45.0 Å². The van der Waals surface area contributed by atoms with Crippen LogP contribution in [0.15, 0.2) is 5.10 Å². The van der Waals surface area contributed by atoms with Crippen molar-refractivity contribution in [2.24, 2.45) is 5.10 Å². The van der Waals surface area contributed by atoms with Crippen LogP contribution < -0.4 is 9.91 Å². The Labute approximate surface area is 164 Å². The highest BCUT2D eigenvalue weighted by molar-refractivity contribution is 7.85. The minimum atomic E-state index is -4.49. The maximum Gasteiger partial charge on any atom is 0.266 e. The van der Waals surface area contributed by atoms with Crippen molar-refractivity contribution in [2.75, 3.05) is 31.0 Å². The second kappa shape index (κ2) is 8.00. The van der Waals surface area contributed by atoms with Gasteiger partial charge < -0.3 is 14.6 Å². The van der Waals surface area contributed by atoms with Gasteiger partial charge in [-0.1, -0.05) is 12.0 Å². The molecule has 0 amide bonds. The van der Waals surface area contributed by atoms with E-state index in [2.05, 4.69) is 10.4 Å². The van der Waals surface area contributed by atoms with Crippen LogP contribution >= 0.6 is 11.6 Å². The first-order valence-electron chi connectivity index (χ1n) is 9.16. The molecule has 1 aromatic rings. The van der Waals surface area contributed by atoms with Gasteiger partial charge in [0.25, 0.3) is 5.82 Å². The van der Waals surface area contributed by atoms with E-state index in [0.29, 0.717) is 32.0 Å². The van der Waals surface area contributed by atoms with Gasteiger partial charge in [-0.15, -0.1) is 16.2 Å². The number of hydrogen-bond acceptors (Lipinski definition) is 7. The summed E-state index contributed by atoms with van der Waals surface area (Å²) >= 11 is 6.25. The average molecular weight is 417 g/mol. The van der Waals surface area contributed by atoms with E-state index in [4.69, 9.17) is 21.3 Å². The van der Waals surface area contributed by atoms with Gasteiger partial charge in [-0.25, -0.2) is 8.42 Å². The van der Waals surface area contributed by atoms with Gasteiger partial charge in [-0.05, 0) is 26.2 Å². The van der Waals surface area contributed by atoms with Crippen LogP contribution in [0.1, 0.15) is 43.5 Å². The van der Waals surface area contributed by atoms with Gasteiger partial charge in [0.15, 0.2) is 5.88 Å². The standard InChI is InChI=1S/C17H25ClN4O4S/c1-3-15-13(9-18)16(20-12-5-7-26-8-6-12)14-10-19-22(4-2,17(14)21-15)11-27(23,24)25/h10,12H,3-9,11H2,1-2H3,(H-,20,21,23,24,25). The van der Waals surface area contributed by atoms with E-state index in [0.717, 1.165) is 35.3 Å². The molecule has 2 aliphatic rings. The van der Waals surface area contributed by atoms with Gasteiger partial charge in [-0.2, -0.15) is 4.98 Å². The third-order valence-electron chi connectivity index (χ3n) is 5.14. The van der Waals surface area contributed by atoms with Crippen LogP contribution in [0.25, 0.3) is 0 Å². The van der Waals surface area contributed by atoms with E-state index in [1.807, 2.05) is 6.92 Å². The molecular weight excluding hydrogens is 392 g/mol. The molecule has 150 valence electrons. The van der Waals surface area contributed by atoms with E-state index in [-0.39, 0.29) is 16.5 Å². The summed E-state index contributed by atoms with van der Waals surface area (Å²) in [6, 6.07) is 0.234. The lowest BCUT2D eigenvalue weighted by molar-refractivity contribution is 0.0904. The fourth-order valence-electron chi connectivity index (χ4n) is 3.66. The lowest BCUT2D eigenvalue weighted by Gasteiger charge is -2.30. The molecule has 1 fully saturated rings. The molecule has 10 heteroatoms. The molecule has 27 heavy (non-hydrogen) atoms. The molecular formula is C17H25ClN4O4S. The first-order chi connectivity index (χ1) is 12.8. The highest BCUT2D eigenvalue weighted by atomic mass is 35.5. The predicted octanol–water partition coefficient (Wildman–Crippen LogP) is 2.15. The lowest BCUT2D eigenvalue weighted by atomic mass is 10.0. The number of ether oxygens (including phenoxy) is 1. The molecule has 3 rings (SSSR count). The second-order valence-corrected chi connectivity index (χ2v) is 8.48. The zero-order valence-electron chi connectivity index (χ0n) is 15.6. The number of rotatable bonds is 7. The second-order valence-electron chi connectivity index (χ2n) is 6.84. The number of anilines is 1. The zero-order valence-corrected chi connectivity index (χ0v) is 17.1. The number of fused-ring (bicyclic) bond motifs is 1. The van der Waals surface area contributed by atoms with E-state index in [1.165, 1.54) is 0 Å². The Kier molecular flexibility index (Phi) is 6.07. The first-order valence-corrected chi connectivity index (χ1v) is 11.3. The summed E-state index contributed by atoms with van der Waals surface area (Å²) in [7, 11) is -4.49. The molecule has 8 nitrogen and oxygen atoms in total. The Morgan fingerprint density at radius 1 is 1.37 bits per heavy atom. The molecule has 2 aliphatic heterocycles. The number of alkyl halides is 1. The highest BCUT2D eigenvalue weighted by Crippen LogP contribution is 2.39. The van der Waals surface area contributed by atoms with Crippen molar-refractivity contribution in [1.29, 1.82) is 0 Å². The molecule has 1 aromatic heterocycles. The van der Waals surface area contributed by atoms with E-state index >= 15 is 0 Å². The van der Waals surface area contributed by atoms with Crippen molar-refractivity contribution in [1.82, 2.24) is 9.58 Å². The Hall–Kier alpha value is -1.26. The number of quaternary nitrogens is 1. The average Bonchev–Trinajstić information content (AvgIpc) is 2.99. The summed E-state index contributed by atoms with van der Waals surface area (Å²) in [5.41, 5.74) is 3.26. The molecule has 1 atom stereocenters. The number of nitrogens with zero attached hydrogens (tertiary/aromatic N) is 3. The first kappa shape index (κ1) is 20.5. The molecule has 0 aliphatic carbocycles. The van der Waals surface area contributed by atoms with Crippen LogP contribution in [0, 0.1) is 0 Å². The number of aryl methyl sites for hydroxylation is 1. The monoisotopic (exact) mass is 416 g/mol. The van der Waals surface area contributed by atoms with Crippen molar-refractivity contribution < 1.29 is 17.7 Å². The summed E-state index contributed by atoms with van der Waals surface area (Å²) in [4.78, 5) is 4.70. The normalized spacial score (nSPS) is 22.8. The number of nitrogens with one attached hydrogen (secondary N) is 1. The number of pyridine rings is 1. The minimum Gasteiger partial charge on any atom is -0.744 e. The fourth-order valence-corrected chi connectivity index (χ4v) is 4.85. The summed E-state index contributed by atoms with van der Waals surface area (Å²) in [6.07, 6.45) is 4.01. The molecule has 0 saturated carbocycles. The molecule has 0 radical (unpaired) electrons. The molecule has 3 heterocycles. The summed E-state index contributed by atoms with van der Waals surface area (Å²) in [6.45, 7) is 5.48. The summed E-state index contributed by atoms with van der Waals surface area (Å²) in [5, 5.41) is 7.97. The van der Waals surface area contributed by atoms with Crippen LogP contribution in [-0.2, 0) is 27.2 Å². The smallest absolute Gasteiger partial charge is 0.266 e. The highest BCUT2D eigenvalue weighted by Gasteiger charge is 2.42. The third-order valence-corrected chi connectivity index (χ3v) is 6.15. The molecule has 1 saturated heterocycles. The number of hydrogen-bond donors (Lipinski definition) is 1. The lowest BCUT2D eigenvalue weighted by Crippen LogP contribution is -2.47. The van der Waals surface area contributed by atoms with Crippen molar-refractivity contribution >= 4 is 39.4 Å². The fraction of sp³-hybridized carbons (Fsp3) is 0.647. The minimum absolute atomic E-state index is 0.234. The Bertz CT molecular complexity index is 840. The molecule has 1 unspecified atom stereocenters. The van der Waals surface area contributed by atoms with Crippen molar-refractivity contribution in [3.05, 3.63) is 16.8 Å².